The van der Waals surface area contributed by atoms with Crippen LogP contribution in [0.4, 0.5) is 17.6 Å². The molecule has 1 aliphatic heterocycles. The number of halogens is 5. The van der Waals surface area contributed by atoms with Crippen molar-refractivity contribution in [3.05, 3.63) is 105 Å². The molecule has 0 aliphatic carbocycles. The molecular weight excluding hydrogens is 498 g/mol. The van der Waals surface area contributed by atoms with E-state index in [9.17, 15) is 27.9 Å². The van der Waals surface area contributed by atoms with E-state index in [0.717, 1.165) is 18.3 Å². The summed E-state index contributed by atoms with van der Waals surface area (Å²) >= 11 is 6.23. The quantitative estimate of drug-likeness (QED) is 0.246. The van der Waals surface area contributed by atoms with Gasteiger partial charge in [-0.1, -0.05) is 23.7 Å². The van der Waals surface area contributed by atoms with Crippen LogP contribution in [0.25, 0.3) is 11.2 Å². The zero-order valence-electron chi connectivity index (χ0n) is 18.6. The van der Waals surface area contributed by atoms with Gasteiger partial charge in [0.1, 0.15) is 29.9 Å². The number of rotatable bonds is 2. The molecular formula is C26H16ClF4N3O2. The number of aromatic nitrogens is 2. The first-order valence-electron chi connectivity index (χ1n) is 10.7. The van der Waals surface area contributed by atoms with Crippen molar-refractivity contribution < 1.29 is 27.4 Å². The summed E-state index contributed by atoms with van der Waals surface area (Å²) in [6, 6.07) is 12.9. The zero-order chi connectivity index (χ0) is 25.8. The maximum absolute atomic E-state index is 13.9. The van der Waals surface area contributed by atoms with Crippen LogP contribution in [0.3, 0.4) is 0 Å². The van der Waals surface area contributed by atoms with E-state index in [2.05, 4.69) is 11.1 Å². The Bertz CT molecular complexity index is 1600. The smallest absolute Gasteiger partial charge is 0.416 e. The van der Waals surface area contributed by atoms with Crippen molar-refractivity contribution in [3.63, 3.8) is 0 Å². The molecule has 0 radical (unpaired) electrons. The lowest BCUT2D eigenvalue weighted by Crippen LogP contribution is -2.08. The second-order valence-corrected chi connectivity index (χ2v) is 8.65. The summed E-state index contributed by atoms with van der Waals surface area (Å²) in [7, 11) is 0. The number of hydrogen-bond acceptors (Lipinski definition) is 4. The Kier molecular flexibility index (Phi) is 5.74. The van der Waals surface area contributed by atoms with Gasteiger partial charge in [0.05, 0.1) is 17.3 Å². The molecule has 1 atom stereocenters. The van der Waals surface area contributed by atoms with Crippen LogP contribution < -0.4 is 4.74 Å². The van der Waals surface area contributed by atoms with Crippen molar-refractivity contribution in [1.82, 2.24) is 9.38 Å². The Balaban J connectivity index is 1.61. The van der Waals surface area contributed by atoms with Gasteiger partial charge in [-0.3, -0.25) is 4.40 Å². The Morgan fingerprint density at radius 3 is 2.64 bits per heavy atom. The molecule has 0 saturated carbocycles. The number of imidazole rings is 1. The molecule has 0 fully saturated rings. The molecule has 182 valence electrons. The van der Waals surface area contributed by atoms with Crippen LogP contribution in [-0.4, -0.2) is 14.5 Å². The Labute approximate surface area is 207 Å². The lowest BCUT2D eigenvalue weighted by Gasteiger charge is -2.16. The van der Waals surface area contributed by atoms with E-state index >= 15 is 0 Å². The first kappa shape index (κ1) is 23.9. The number of aliphatic hydroxyl groups is 1. The third-order valence-electron chi connectivity index (χ3n) is 6.06. The van der Waals surface area contributed by atoms with E-state index < -0.39 is 23.7 Å². The van der Waals surface area contributed by atoms with Gasteiger partial charge in [0, 0.05) is 29.0 Å². The fraction of sp³-hybridized carbons (Fsp3) is 0.154. The fourth-order valence-corrected chi connectivity index (χ4v) is 4.62. The van der Waals surface area contributed by atoms with Gasteiger partial charge in [-0.2, -0.15) is 18.4 Å². The highest BCUT2D eigenvalue weighted by atomic mass is 35.5. The first-order valence-corrected chi connectivity index (χ1v) is 11.1. The average Bonchev–Trinajstić information content (AvgIpc) is 3.08. The maximum Gasteiger partial charge on any atom is 0.416 e. The van der Waals surface area contributed by atoms with Gasteiger partial charge in [0.2, 0.25) is 0 Å². The summed E-state index contributed by atoms with van der Waals surface area (Å²) in [5.41, 5.74) is 2.37. The highest BCUT2D eigenvalue weighted by molar-refractivity contribution is 6.30. The predicted octanol–water partition coefficient (Wildman–Crippen LogP) is 6.47. The van der Waals surface area contributed by atoms with Crippen molar-refractivity contribution in [2.45, 2.75) is 25.8 Å². The van der Waals surface area contributed by atoms with Gasteiger partial charge in [0.15, 0.2) is 5.15 Å². The fourth-order valence-electron chi connectivity index (χ4n) is 4.34. The number of allylic oxidation sites excluding steroid dienone is 1. The summed E-state index contributed by atoms with van der Waals surface area (Å²) in [6.45, 7) is 1.68. The summed E-state index contributed by atoms with van der Waals surface area (Å²) in [5.74, 6) is -0.205. The second-order valence-electron chi connectivity index (χ2n) is 8.29. The highest BCUT2D eigenvalue weighted by Crippen LogP contribution is 2.40. The van der Waals surface area contributed by atoms with Crippen LogP contribution in [0.15, 0.2) is 60.3 Å². The van der Waals surface area contributed by atoms with Crippen LogP contribution in [-0.2, 0) is 12.8 Å². The van der Waals surface area contributed by atoms with Crippen molar-refractivity contribution >= 4 is 22.8 Å². The number of ether oxygens (including phenoxy) is 1. The van der Waals surface area contributed by atoms with E-state index in [-0.39, 0.29) is 28.9 Å². The van der Waals surface area contributed by atoms with Crippen LogP contribution in [0.1, 0.15) is 46.5 Å². The van der Waals surface area contributed by atoms with Crippen LogP contribution >= 0.6 is 11.6 Å². The average molecular weight is 514 g/mol. The molecule has 5 rings (SSSR count). The summed E-state index contributed by atoms with van der Waals surface area (Å²) in [6.07, 6.45) is -4.73. The minimum Gasteiger partial charge on any atom is -0.488 e. The molecule has 10 heteroatoms. The summed E-state index contributed by atoms with van der Waals surface area (Å²) in [5, 5.41) is 20.6. The summed E-state index contributed by atoms with van der Waals surface area (Å²) < 4.78 is 60.3. The van der Waals surface area contributed by atoms with Gasteiger partial charge >= 0.3 is 6.18 Å². The van der Waals surface area contributed by atoms with E-state index in [1.807, 2.05) is 0 Å². The number of benzene rings is 2. The van der Waals surface area contributed by atoms with Gasteiger partial charge in [-0.15, -0.1) is 0 Å². The lowest BCUT2D eigenvalue weighted by atomic mass is 9.89. The number of fused-ring (bicyclic) bond motifs is 3. The minimum absolute atomic E-state index is 0.0321. The standard InChI is InChI=1S/C26H16ClF4N3O2/c1-13(11-32)22-18-4-2-14(8-15(18)12-36-20-10-17(28)3-5-19(20)22)24(35)23-25(27)33-21-9-16(26(29,30)31)6-7-34(21)23/h2-10,24,35H,12H2,1H3/b22-13+. The van der Waals surface area contributed by atoms with E-state index in [4.69, 9.17) is 16.3 Å². The minimum atomic E-state index is -4.55. The third kappa shape index (κ3) is 3.98. The molecule has 1 aliphatic rings. The number of pyridine rings is 1. The molecule has 4 aromatic rings. The Hall–Kier alpha value is -3.87. The van der Waals surface area contributed by atoms with Crippen molar-refractivity contribution in [1.29, 1.82) is 5.26 Å². The third-order valence-corrected chi connectivity index (χ3v) is 6.34. The molecule has 0 saturated heterocycles. The largest absolute Gasteiger partial charge is 0.488 e. The zero-order valence-corrected chi connectivity index (χ0v) is 19.3. The molecule has 0 bridgehead atoms. The van der Waals surface area contributed by atoms with Gasteiger partial charge in [0.25, 0.3) is 0 Å². The number of aliphatic hydroxyl groups excluding tert-OH is 1. The van der Waals surface area contributed by atoms with E-state index in [0.29, 0.717) is 33.4 Å². The monoisotopic (exact) mass is 513 g/mol. The molecule has 0 spiro atoms. The summed E-state index contributed by atoms with van der Waals surface area (Å²) in [4.78, 5) is 3.98. The molecule has 0 amide bonds. The van der Waals surface area contributed by atoms with Crippen molar-refractivity contribution in [3.8, 4) is 11.8 Å². The molecule has 5 nitrogen and oxygen atoms in total. The maximum atomic E-state index is 13.9. The van der Waals surface area contributed by atoms with Crippen LogP contribution in [0.2, 0.25) is 5.15 Å². The molecule has 1 N–H and O–H groups in total. The van der Waals surface area contributed by atoms with Gasteiger partial charge < -0.3 is 9.84 Å². The second kappa shape index (κ2) is 8.66. The topological polar surface area (TPSA) is 70.5 Å². The van der Waals surface area contributed by atoms with Crippen LogP contribution in [0.5, 0.6) is 5.75 Å². The van der Waals surface area contributed by atoms with Crippen molar-refractivity contribution in [2.75, 3.05) is 0 Å². The van der Waals surface area contributed by atoms with Gasteiger partial charge in [-0.25, -0.2) is 9.37 Å². The molecule has 1 unspecified atom stereocenters. The number of nitriles is 1. The molecule has 3 heterocycles. The van der Waals surface area contributed by atoms with Crippen LogP contribution in [0, 0.1) is 17.1 Å². The lowest BCUT2D eigenvalue weighted by molar-refractivity contribution is -0.137. The predicted molar refractivity (Wildman–Crippen MR) is 124 cm³/mol. The number of hydrogen-bond donors (Lipinski definition) is 1. The van der Waals surface area contributed by atoms with E-state index in [1.165, 1.54) is 16.5 Å². The first-order chi connectivity index (χ1) is 17.1. The highest BCUT2D eigenvalue weighted by Gasteiger charge is 2.32. The van der Waals surface area contributed by atoms with Gasteiger partial charge in [-0.05, 0) is 53.9 Å². The normalized spacial score (nSPS) is 15.4. The number of alkyl halides is 3. The molecule has 2 aromatic heterocycles. The molecule has 36 heavy (non-hydrogen) atoms. The molecule has 2 aromatic carbocycles. The number of nitrogens with zero attached hydrogens (tertiary/aromatic N) is 3. The Morgan fingerprint density at radius 1 is 1.17 bits per heavy atom. The SMILES string of the molecule is C/C(C#N)=C1/c2ccc(C(O)c3c(Cl)nc4cc(C(F)(F)F)ccn34)cc2COc2cc(F)ccc21. The Morgan fingerprint density at radius 2 is 1.92 bits per heavy atom. The van der Waals surface area contributed by atoms with Crippen molar-refractivity contribution in [2.24, 2.45) is 0 Å². The van der Waals surface area contributed by atoms with E-state index in [1.54, 1.807) is 31.2 Å².